The van der Waals surface area contributed by atoms with E-state index < -0.39 is 22.0 Å². The van der Waals surface area contributed by atoms with Gasteiger partial charge in [0.15, 0.2) is 0 Å². The number of carbonyl (C=O) groups is 1. The second kappa shape index (κ2) is 13.8. The summed E-state index contributed by atoms with van der Waals surface area (Å²) in [4.78, 5) is 15.4. The average molecular weight is 646 g/mol. The number of fused-ring (bicyclic) bond motifs is 1. The molecule has 47 heavy (non-hydrogen) atoms. The molecule has 0 bridgehead atoms. The molecule has 0 saturated heterocycles. The predicted molar refractivity (Wildman–Crippen MR) is 188 cm³/mol. The Balaban J connectivity index is 1.55. The summed E-state index contributed by atoms with van der Waals surface area (Å²) < 4.78 is 32.6. The highest BCUT2D eigenvalue weighted by Gasteiger charge is 2.40. The zero-order valence-corrected chi connectivity index (χ0v) is 28.3. The molecule has 1 heterocycles. The van der Waals surface area contributed by atoms with Crippen LogP contribution in [0.25, 0.3) is 11.3 Å². The van der Waals surface area contributed by atoms with Crippen LogP contribution in [-0.4, -0.2) is 24.1 Å². The summed E-state index contributed by atoms with van der Waals surface area (Å²) in [7, 11) is -4.00. The molecular weight excluding hydrogens is 603 g/mol. The number of nitrogens with one attached hydrogen (secondary N) is 1. The van der Waals surface area contributed by atoms with Crippen LogP contribution in [0.2, 0.25) is 0 Å². The van der Waals surface area contributed by atoms with Crippen LogP contribution in [0.5, 0.6) is 0 Å². The molecule has 4 aromatic carbocycles. The van der Waals surface area contributed by atoms with Crippen molar-refractivity contribution >= 4 is 15.9 Å². The highest BCUT2D eigenvalue weighted by atomic mass is 32.2. The molecule has 0 aliphatic heterocycles. The van der Waals surface area contributed by atoms with Crippen LogP contribution in [0, 0.1) is 18.8 Å². The zero-order chi connectivity index (χ0) is 33.1. The van der Waals surface area contributed by atoms with Gasteiger partial charge in [0, 0.05) is 17.0 Å². The Hall–Kier alpha value is -4.33. The van der Waals surface area contributed by atoms with Crippen molar-refractivity contribution in [2.24, 2.45) is 11.8 Å². The molecule has 0 saturated carbocycles. The normalized spacial score (nSPS) is 17.6. The number of aryl methyl sites for hydroxylation is 1. The van der Waals surface area contributed by atoms with Crippen molar-refractivity contribution in [1.82, 2.24) is 14.5 Å². The van der Waals surface area contributed by atoms with Crippen LogP contribution >= 0.6 is 0 Å². The highest BCUT2D eigenvalue weighted by molar-refractivity contribution is 7.89. The van der Waals surface area contributed by atoms with Crippen LogP contribution in [0.15, 0.2) is 120 Å². The lowest BCUT2D eigenvalue weighted by molar-refractivity contribution is 0.0791. The molecule has 0 amide bonds. The maximum absolute atomic E-state index is 15.3. The first kappa shape index (κ1) is 32.6. The van der Waals surface area contributed by atoms with Gasteiger partial charge in [0.1, 0.15) is 0 Å². The van der Waals surface area contributed by atoms with Crippen molar-refractivity contribution in [3.63, 3.8) is 0 Å². The fourth-order valence-corrected chi connectivity index (χ4v) is 8.23. The van der Waals surface area contributed by atoms with E-state index in [9.17, 15) is 8.42 Å². The van der Waals surface area contributed by atoms with Gasteiger partial charge in [-0.2, -0.15) is 9.78 Å². The van der Waals surface area contributed by atoms with Crippen LogP contribution in [-0.2, 0) is 16.4 Å². The lowest BCUT2D eigenvalue weighted by Crippen LogP contribution is -2.40. The van der Waals surface area contributed by atoms with Crippen LogP contribution in [0.4, 0.5) is 0 Å². The van der Waals surface area contributed by atoms with E-state index in [1.807, 2.05) is 97.9 Å². The van der Waals surface area contributed by atoms with Crippen LogP contribution in [0.3, 0.4) is 0 Å². The Morgan fingerprint density at radius 3 is 2.06 bits per heavy atom. The van der Waals surface area contributed by atoms with Crippen molar-refractivity contribution in [3.8, 4) is 11.3 Å². The largest absolute Gasteiger partial charge is 0.272 e. The Bertz CT molecular complexity index is 1920. The van der Waals surface area contributed by atoms with Gasteiger partial charge < -0.3 is 0 Å². The summed E-state index contributed by atoms with van der Waals surface area (Å²) >= 11 is 0. The van der Waals surface area contributed by atoms with Gasteiger partial charge >= 0.3 is 0 Å². The van der Waals surface area contributed by atoms with Gasteiger partial charge in [-0.05, 0) is 61.3 Å². The van der Waals surface area contributed by atoms with Gasteiger partial charge in [-0.25, -0.2) is 13.1 Å². The molecule has 6 nitrogen and oxygen atoms in total. The number of benzene rings is 4. The molecule has 7 heteroatoms. The maximum atomic E-state index is 15.3. The lowest BCUT2D eigenvalue weighted by Gasteiger charge is -2.29. The lowest BCUT2D eigenvalue weighted by atomic mass is 9.75. The number of sulfonamides is 1. The standard InChI is InChI=1S/C40H43N3O3S/c1-27(2)34-25-22-29(4)36-38(34)41-43(39(36)32-18-12-7-13-19-32)40(44)35(26-30-14-8-5-9-15-30)37(31-16-10-6-11-17-31)42-47(45,46)33-23-20-28(3)21-24-33/h5-21,23-24,27,29,34-35,37,42H,22,25-26H2,1-4H3/t29-,34+,35+,37+/m1/s1. The first-order chi connectivity index (χ1) is 22.6. The number of carbonyl (C=O) groups excluding carboxylic acids is 1. The second-order valence-electron chi connectivity index (χ2n) is 13.2. The van der Waals surface area contributed by atoms with E-state index in [0.29, 0.717) is 17.9 Å². The highest BCUT2D eigenvalue weighted by Crippen LogP contribution is 2.46. The number of aromatic nitrogens is 2. The van der Waals surface area contributed by atoms with Gasteiger partial charge in [-0.1, -0.05) is 129 Å². The van der Waals surface area contributed by atoms with E-state index in [2.05, 4.69) is 25.5 Å². The van der Waals surface area contributed by atoms with E-state index in [1.165, 1.54) is 0 Å². The first-order valence-corrected chi connectivity index (χ1v) is 18.0. The monoisotopic (exact) mass is 645 g/mol. The van der Waals surface area contributed by atoms with Crippen LogP contribution < -0.4 is 4.72 Å². The van der Waals surface area contributed by atoms with E-state index >= 15 is 4.79 Å². The average Bonchev–Trinajstić information content (AvgIpc) is 3.49. The predicted octanol–water partition coefficient (Wildman–Crippen LogP) is 8.71. The molecule has 4 atom stereocenters. The fourth-order valence-electron chi connectivity index (χ4n) is 6.97. The minimum atomic E-state index is -4.00. The molecule has 5 aromatic rings. The SMILES string of the molecule is Cc1ccc(S(=O)(=O)N[C@@H](c2ccccc2)[C@H](Cc2ccccc2)C(=O)n2nc3c(c2-c2ccccc2)[C@H](C)CC[C@H]3C(C)C)cc1. The number of hydrogen-bond donors (Lipinski definition) is 1. The van der Waals surface area contributed by atoms with Gasteiger partial charge in [0.2, 0.25) is 10.0 Å². The van der Waals surface area contributed by atoms with E-state index in [0.717, 1.165) is 46.5 Å². The summed E-state index contributed by atoms with van der Waals surface area (Å²) in [5.74, 6) is -0.222. The Morgan fingerprint density at radius 2 is 1.45 bits per heavy atom. The summed E-state index contributed by atoms with van der Waals surface area (Å²) in [5, 5.41) is 5.17. The van der Waals surface area contributed by atoms with Crippen LogP contribution in [0.1, 0.15) is 84.2 Å². The minimum absolute atomic E-state index is 0.156. The number of nitrogens with zero attached hydrogens (tertiary/aromatic N) is 2. The molecule has 6 rings (SSSR count). The van der Waals surface area contributed by atoms with Crippen molar-refractivity contribution in [2.75, 3.05) is 0 Å². The molecule has 1 aromatic heterocycles. The van der Waals surface area contributed by atoms with Crippen molar-refractivity contribution in [1.29, 1.82) is 0 Å². The van der Waals surface area contributed by atoms with Crippen molar-refractivity contribution in [2.45, 2.75) is 69.7 Å². The number of rotatable bonds is 10. The molecule has 0 unspecified atom stereocenters. The molecule has 0 radical (unpaired) electrons. The summed E-state index contributed by atoms with van der Waals surface area (Å²) in [6.45, 7) is 8.58. The van der Waals surface area contributed by atoms with Gasteiger partial charge in [-0.3, -0.25) is 4.79 Å². The van der Waals surface area contributed by atoms with E-state index in [4.69, 9.17) is 5.10 Å². The molecule has 0 fully saturated rings. The Labute approximate surface area is 278 Å². The molecule has 1 aliphatic carbocycles. The van der Waals surface area contributed by atoms with Gasteiger partial charge in [0.05, 0.1) is 28.2 Å². The second-order valence-corrected chi connectivity index (χ2v) is 14.9. The minimum Gasteiger partial charge on any atom is -0.272 e. The third-order valence-electron chi connectivity index (χ3n) is 9.56. The Kier molecular flexibility index (Phi) is 9.57. The first-order valence-electron chi connectivity index (χ1n) is 16.5. The topological polar surface area (TPSA) is 81.1 Å². The molecule has 1 aliphatic rings. The summed E-state index contributed by atoms with van der Waals surface area (Å²) in [5.41, 5.74) is 6.48. The summed E-state index contributed by atoms with van der Waals surface area (Å²) in [6, 6.07) is 35.2. The quantitative estimate of drug-likeness (QED) is 0.165. The molecule has 242 valence electrons. The van der Waals surface area contributed by atoms with E-state index in [1.54, 1.807) is 28.9 Å². The third-order valence-corrected chi connectivity index (χ3v) is 11.0. The molecule has 0 spiro atoms. The third kappa shape index (κ3) is 6.87. The van der Waals surface area contributed by atoms with E-state index in [-0.39, 0.29) is 22.6 Å². The molecule has 1 N–H and O–H groups in total. The number of hydrogen-bond acceptors (Lipinski definition) is 4. The smallest absolute Gasteiger partial charge is 0.252 e. The van der Waals surface area contributed by atoms with Gasteiger partial charge in [0.25, 0.3) is 5.91 Å². The van der Waals surface area contributed by atoms with Gasteiger partial charge in [-0.15, -0.1) is 0 Å². The van der Waals surface area contributed by atoms with Crippen molar-refractivity contribution < 1.29 is 13.2 Å². The maximum Gasteiger partial charge on any atom is 0.252 e. The Morgan fingerprint density at radius 1 is 0.851 bits per heavy atom. The summed E-state index contributed by atoms with van der Waals surface area (Å²) in [6.07, 6.45) is 2.35. The molecular formula is C40H43N3O3S. The fraction of sp³-hybridized carbons (Fsp3) is 0.300. The van der Waals surface area contributed by atoms with Crippen molar-refractivity contribution in [3.05, 3.63) is 143 Å². The zero-order valence-electron chi connectivity index (χ0n) is 27.5.